The molecule has 0 amide bonds. The third kappa shape index (κ3) is 1.59. The molecule has 0 bridgehead atoms. The number of nitrogens with zero attached hydrogens (tertiary/aromatic N) is 1. The molecule has 68 valence electrons. The van der Waals surface area contributed by atoms with E-state index in [1.807, 2.05) is 13.0 Å². The minimum absolute atomic E-state index is 0.476. The number of thiophene rings is 1. The van der Waals surface area contributed by atoms with Crippen LogP contribution in [0.1, 0.15) is 4.88 Å². The normalized spacial score (nSPS) is 10.6. The van der Waals surface area contributed by atoms with Gasteiger partial charge in [-0.1, -0.05) is 5.16 Å². The molecule has 0 fully saturated rings. The zero-order chi connectivity index (χ0) is 9.42. The van der Waals surface area contributed by atoms with Gasteiger partial charge >= 0.3 is 5.76 Å². The van der Waals surface area contributed by atoms with Gasteiger partial charge in [-0.05, 0) is 28.9 Å². The van der Waals surface area contributed by atoms with E-state index < -0.39 is 5.76 Å². The zero-order valence-electron chi connectivity index (χ0n) is 6.63. The fourth-order valence-electron chi connectivity index (χ4n) is 0.913. The highest BCUT2D eigenvalue weighted by Gasteiger charge is 2.09. The molecule has 1 N–H and O–H groups in total. The van der Waals surface area contributed by atoms with Crippen molar-refractivity contribution in [2.45, 2.75) is 6.92 Å². The van der Waals surface area contributed by atoms with Crippen LogP contribution in [0.5, 0.6) is 0 Å². The van der Waals surface area contributed by atoms with Crippen molar-refractivity contribution in [2.75, 3.05) is 0 Å². The molecule has 0 saturated heterocycles. The summed E-state index contributed by atoms with van der Waals surface area (Å²) in [5.41, 5.74) is 0. The van der Waals surface area contributed by atoms with E-state index in [4.69, 9.17) is 0 Å². The Labute approximate surface area is 85.7 Å². The first-order chi connectivity index (χ1) is 6.16. The minimum atomic E-state index is -0.530. The van der Waals surface area contributed by atoms with Gasteiger partial charge in [0.2, 0.25) is 0 Å². The summed E-state index contributed by atoms with van der Waals surface area (Å²) in [6, 6.07) is 1.90. The average Bonchev–Trinajstić information content (AvgIpc) is 2.61. The van der Waals surface area contributed by atoms with Crippen LogP contribution in [-0.2, 0) is 0 Å². The first-order valence-corrected chi connectivity index (χ1v) is 5.10. The van der Waals surface area contributed by atoms with E-state index in [0.29, 0.717) is 5.82 Å². The number of hydrogen-bond donors (Lipinski definition) is 1. The second-order valence-electron chi connectivity index (χ2n) is 2.46. The molecule has 2 aromatic heterocycles. The minimum Gasteiger partial charge on any atom is -0.296 e. The summed E-state index contributed by atoms with van der Waals surface area (Å²) in [6.07, 6.45) is 0. The number of halogens is 1. The molecule has 0 aliphatic rings. The lowest BCUT2D eigenvalue weighted by atomic mass is 10.4. The standard InChI is InChI=1S/C7H5BrN2O2S/c1-3-4(8)2-5(13-3)6-9-7(11)12-10-6/h2H,1H3,(H,9,10,11). The van der Waals surface area contributed by atoms with E-state index in [0.717, 1.165) is 14.2 Å². The lowest BCUT2D eigenvalue weighted by molar-refractivity contribution is 0.388. The fraction of sp³-hybridized carbons (Fsp3) is 0.143. The zero-order valence-corrected chi connectivity index (χ0v) is 9.03. The molecule has 0 saturated carbocycles. The van der Waals surface area contributed by atoms with Gasteiger partial charge in [0.05, 0.1) is 4.88 Å². The third-order valence-corrected chi connectivity index (χ3v) is 3.67. The summed E-state index contributed by atoms with van der Waals surface area (Å²) in [6.45, 7) is 1.98. The van der Waals surface area contributed by atoms with Gasteiger partial charge in [0.15, 0.2) is 5.82 Å². The molecule has 6 heteroatoms. The Kier molecular flexibility index (Phi) is 2.09. The molecular weight excluding hydrogens is 256 g/mol. The summed E-state index contributed by atoms with van der Waals surface area (Å²) in [5.74, 6) is -0.0547. The molecule has 0 atom stereocenters. The quantitative estimate of drug-likeness (QED) is 0.855. The first-order valence-electron chi connectivity index (χ1n) is 3.49. The SMILES string of the molecule is Cc1sc(-c2noc(=O)[nH]2)cc1Br. The van der Waals surface area contributed by atoms with Crippen LogP contribution < -0.4 is 5.76 Å². The van der Waals surface area contributed by atoms with Gasteiger partial charge in [0, 0.05) is 9.35 Å². The van der Waals surface area contributed by atoms with Gasteiger partial charge in [-0.3, -0.25) is 9.51 Å². The van der Waals surface area contributed by atoms with Gasteiger partial charge in [0.1, 0.15) is 0 Å². The number of aromatic nitrogens is 2. The van der Waals surface area contributed by atoms with Crippen LogP contribution in [0.3, 0.4) is 0 Å². The first kappa shape index (κ1) is 8.71. The van der Waals surface area contributed by atoms with Gasteiger partial charge in [0.25, 0.3) is 0 Å². The van der Waals surface area contributed by atoms with Crippen molar-refractivity contribution >= 4 is 27.3 Å². The van der Waals surface area contributed by atoms with Gasteiger partial charge in [-0.25, -0.2) is 4.79 Å². The maximum Gasteiger partial charge on any atom is 0.439 e. The van der Waals surface area contributed by atoms with E-state index in [1.54, 1.807) is 11.3 Å². The molecule has 0 aliphatic carbocycles. The van der Waals surface area contributed by atoms with Crippen LogP contribution in [0.25, 0.3) is 10.7 Å². The second-order valence-corrected chi connectivity index (χ2v) is 4.57. The Balaban J connectivity index is 2.52. The van der Waals surface area contributed by atoms with E-state index in [1.165, 1.54) is 0 Å². The number of aryl methyl sites for hydroxylation is 1. The van der Waals surface area contributed by atoms with Crippen molar-refractivity contribution in [3.63, 3.8) is 0 Å². The molecule has 0 aromatic carbocycles. The molecule has 4 nitrogen and oxygen atoms in total. The lowest BCUT2D eigenvalue weighted by Crippen LogP contribution is -1.94. The van der Waals surface area contributed by atoms with E-state index in [9.17, 15) is 4.79 Å². The topological polar surface area (TPSA) is 58.9 Å². The molecule has 0 radical (unpaired) electrons. The summed E-state index contributed by atoms with van der Waals surface area (Å²) in [5, 5.41) is 3.59. The highest BCUT2D eigenvalue weighted by atomic mass is 79.9. The Morgan fingerprint density at radius 1 is 1.69 bits per heavy atom. The van der Waals surface area contributed by atoms with Crippen LogP contribution >= 0.6 is 27.3 Å². The van der Waals surface area contributed by atoms with Crippen LogP contribution in [0.4, 0.5) is 0 Å². The number of aromatic amines is 1. The monoisotopic (exact) mass is 260 g/mol. The molecule has 2 rings (SSSR count). The van der Waals surface area contributed by atoms with Gasteiger partial charge in [-0.15, -0.1) is 11.3 Å². The van der Waals surface area contributed by atoms with Crippen LogP contribution in [0, 0.1) is 6.92 Å². The van der Waals surface area contributed by atoms with E-state index in [2.05, 4.69) is 30.6 Å². The fourth-order valence-corrected chi connectivity index (χ4v) is 2.38. The Morgan fingerprint density at radius 2 is 2.46 bits per heavy atom. The predicted molar refractivity (Wildman–Crippen MR) is 52.9 cm³/mol. The van der Waals surface area contributed by atoms with Crippen molar-refractivity contribution in [1.82, 2.24) is 10.1 Å². The summed E-state index contributed by atoms with van der Waals surface area (Å²) in [7, 11) is 0. The van der Waals surface area contributed by atoms with E-state index in [-0.39, 0.29) is 0 Å². The van der Waals surface area contributed by atoms with Crippen molar-refractivity contribution in [2.24, 2.45) is 0 Å². The molecule has 0 aliphatic heterocycles. The van der Waals surface area contributed by atoms with Crippen LogP contribution in [0.2, 0.25) is 0 Å². The Hall–Kier alpha value is -0.880. The number of rotatable bonds is 1. The highest BCUT2D eigenvalue weighted by molar-refractivity contribution is 9.10. The average molecular weight is 261 g/mol. The number of nitrogens with one attached hydrogen (secondary N) is 1. The Bertz CT molecular complexity index is 465. The molecule has 13 heavy (non-hydrogen) atoms. The van der Waals surface area contributed by atoms with Gasteiger partial charge < -0.3 is 0 Å². The second kappa shape index (κ2) is 3.12. The molecule has 0 unspecified atom stereocenters. The van der Waals surface area contributed by atoms with Crippen molar-refractivity contribution in [1.29, 1.82) is 0 Å². The van der Waals surface area contributed by atoms with Crippen LogP contribution in [-0.4, -0.2) is 10.1 Å². The summed E-state index contributed by atoms with van der Waals surface area (Å²) < 4.78 is 5.41. The lowest BCUT2D eigenvalue weighted by Gasteiger charge is -1.82. The molecule has 0 spiro atoms. The highest BCUT2D eigenvalue weighted by Crippen LogP contribution is 2.31. The van der Waals surface area contributed by atoms with Gasteiger partial charge in [-0.2, -0.15) is 0 Å². The van der Waals surface area contributed by atoms with E-state index >= 15 is 0 Å². The molecular formula is C7H5BrN2O2S. The summed E-state index contributed by atoms with van der Waals surface area (Å²) >= 11 is 4.92. The molecule has 2 heterocycles. The van der Waals surface area contributed by atoms with Crippen molar-refractivity contribution in [3.05, 3.63) is 26.0 Å². The largest absolute Gasteiger partial charge is 0.439 e. The predicted octanol–water partition coefficient (Wildman–Crippen LogP) is 2.16. The maximum absolute atomic E-state index is 10.7. The molecule has 2 aromatic rings. The van der Waals surface area contributed by atoms with Crippen molar-refractivity contribution in [3.8, 4) is 10.7 Å². The number of hydrogen-bond acceptors (Lipinski definition) is 4. The Morgan fingerprint density at radius 3 is 2.92 bits per heavy atom. The van der Waals surface area contributed by atoms with Crippen LogP contribution in [0.15, 0.2) is 19.9 Å². The smallest absolute Gasteiger partial charge is 0.296 e. The maximum atomic E-state index is 10.7. The number of H-pyrrole nitrogens is 1. The third-order valence-electron chi connectivity index (χ3n) is 1.53. The summed E-state index contributed by atoms with van der Waals surface area (Å²) in [4.78, 5) is 15.2. The van der Waals surface area contributed by atoms with Crippen molar-refractivity contribution < 1.29 is 4.52 Å².